The molecular weight excluding hydrogens is 382 g/mol. The molecule has 0 unspecified atom stereocenters. The van der Waals surface area contributed by atoms with Gasteiger partial charge in [-0.1, -0.05) is 45.0 Å². The Morgan fingerprint density at radius 3 is 2.41 bits per heavy atom. The molecule has 3 aromatic heterocycles. The molecule has 0 atom stereocenters. The van der Waals surface area contributed by atoms with Gasteiger partial charge in [0.25, 0.3) is 5.91 Å². The van der Waals surface area contributed by atoms with Crippen molar-refractivity contribution in [2.24, 2.45) is 0 Å². The molecule has 3 heterocycles. The minimum Gasteiger partial charge on any atom is -0.305 e. The number of para-hydroxylation sites is 1. The quantitative estimate of drug-likeness (QED) is 0.524. The summed E-state index contributed by atoms with van der Waals surface area (Å²) in [5, 5.41) is 17.9. The average Bonchev–Trinajstić information content (AvgIpc) is 3.38. The number of nitrogens with one attached hydrogen (secondary N) is 1. The third-order valence-electron chi connectivity index (χ3n) is 4.41. The first-order chi connectivity index (χ1) is 13.9. The molecule has 0 aliphatic carbocycles. The highest BCUT2D eigenvalue weighted by atomic mass is 32.1. The van der Waals surface area contributed by atoms with Gasteiger partial charge in [-0.2, -0.15) is 10.2 Å². The number of rotatable bonds is 4. The molecule has 146 valence electrons. The van der Waals surface area contributed by atoms with Gasteiger partial charge in [-0.25, -0.2) is 4.68 Å². The molecule has 0 spiro atoms. The van der Waals surface area contributed by atoms with E-state index in [1.54, 1.807) is 28.3 Å². The zero-order valence-corrected chi connectivity index (χ0v) is 17.3. The van der Waals surface area contributed by atoms with Crippen LogP contribution >= 0.6 is 11.3 Å². The number of anilines is 1. The Kier molecular flexibility index (Phi) is 4.98. The average molecular weight is 404 g/mol. The summed E-state index contributed by atoms with van der Waals surface area (Å²) in [7, 11) is 0. The van der Waals surface area contributed by atoms with Crippen LogP contribution in [-0.4, -0.2) is 25.9 Å². The number of amides is 1. The van der Waals surface area contributed by atoms with Crippen molar-refractivity contribution in [3.05, 3.63) is 77.4 Å². The number of nitrogens with zero attached hydrogens (tertiary/aromatic N) is 4. The van der Waals surface area contributed by atoms with Gasteiger partial charge in [-0.05, 0) is 35.7 Å². The first-order valence-electron chi connectivity index (χ1n) is 9.26. The van der Waals surface area contributed by atoms with Gasteiger partial charge >= 0.3 is 0 Å². The normalized spacial score (nSPS) is 11.4. The highest BCUT2D eigenvalue weighted by Gasteiger charge is 2.21. The Labute approximate surface area is 173 Å². The number of aromatic nitrogens is 4. The maximum Gasteiger partial charge on any atom is 0.260 e. The molecule has 4 rings (SSSR count). The molecule has 1 amide bonds. The summed E-state index contributed by atoms with van der Waals surface area (Å²) in [5.74, 6) is 0.140. The van der Waals surface area contributed by atoms with E-state index in [2.05, 4.69) is 41.4 Å². The van der Waals surface area contributed by atoms with Gasteiger partial charge in [0.2, 0.25) is 0 Å². The molecule has 0 aliphatic heterocycles. The van der Waals surface area contributed by atoms with Gasteiger partial charge in [0.05, 0.1) is 21.8 Å². The minimum atomic E-state index is -0.270. The van der Waals surface area contributed by atoms with E-state index in [0.717, 1.165) is 16.3 Å². The lowest BCUT2D eigenvalue weighted by molar-refractivity contribution is 0.102. The van der Waals surface area contributed by atoms with Crippen LogP contribution in [0.3, 0.4) is 0 Å². The van der Waals surface area contributed by atoms with Crippen molar-refractivity contribution >= 4 is 23.1 Å². The standard InChI is InChI=1S/C22H21N5OS/c1-22(2,3)18-11-12-19(25-24-18)23-21(28)16-14-27(15-8-5-4-6-9-15)26-20(16)17-10-7-13-29-17/h4-14H,1-3H3,(H,23,25,28). The highest BCUT2D eigenvalue weighted by Crippen LogP contribution is 2.28. The van der Waals surface area contributed by atoms with Gasteiger partial charge in [0, 0.05) is 11.6 Å². The molecule has 29 heavy (non-hydrogen) atoms. The molecule has 0 saturated carbocycles. The predicted octanol–water partition coefficient (Wildman–Crippen LogP) is 4.94. The van der Waals surface area contributed by atoms with Crippen LogP contribution in [0, 0.1) is 0 Å². The molecule has 6 nitrogen and oxygen atoms in total. The number of thiophene rings is 1. The van der Waals surface area contributed by atoms with Crippen molar-refractivity contribution in [1.29, 1.82) is 0 Å². The van der Waals surface area contributed by atoms with Crippen LogP contribution in [-0.2, 0) is 5.41 Å². The van der Waals surface area contributed by atoms with Crippen LogP contribution in [0.5, 0.6) is 0 Å². The van der Waals surface area contributed by atoms with Gasteiger partial charge < -0.3 is 5.32 Å². The Morgan fingerprint density at radius 1 is 1.00 bits per heavy atom. The number of hydrogen-bond acceptors (Lipinski definition) is 5. The molecule has 1 aromatic carbocycles. The zero-order chi connectivity index (χ0) is 20.4. The first kappa shape index (κ1) is 19.0. The molecule has 0 aliphatic rings. The fourth-order valence-electron chi connectivity index (χ4n) is 2.83. The van der Waals surface area contributed by atoms with Crippen molar-refractivity contribution in [3.8, 4) is 16.3 Å². The third kappa shape index (κ3) is 4.09. The number of carbonyl (C=O) groups excluding carboxylic acids is 1. The second kappa shape index (κ2) is 7.60. The smallest absolute Gasteiger partial charge is 0.260 e. The summed E-state index contributed by atoms with van der Waals surface area (Å²) in [6.07, 6.45) is 1.75. The minimum absolute atomic E-state index is 0.0985. The highest BCUT2D eigenvalue weighted by molar-refractivity contribution is 7.13. The Hall–Kier alpha value is -3.32. The largest absolute Gasteiger partial charge is 0.305 e. The van der Waals surface area contributed by atoms with E-state index in [-0.39, 0.29) is 11.3 Å². The summed E-state index contributed by atoms with van der Waals surface area (Å²) < 4.78 is 1.72. The van der Waals surface area contributed by atoms with E-state index < -0.39 is 0 Å². The second-order valence-electron chi connectivity index (χ2n) is 7.66. The van der Waals surface area contributed by atoms with Crippen molar-refractivity contribution in [2.45, 2.75) is 26.2 Å². The predicted molar refractivity (Wildman–Crippen MR) is 116 cm³/mol. The number of carbonyl (C=O) groups is 1. The topological polar surface area (TPSA) is 72.7 Å². The van der Waals surface area contributed by atoms with E-state index in [0.29, 0.717) is 17.1 Å². The van der Waals surface area contributed by atoms with E-state index in [4.69, 9.17) is 0 Å². The second-order valence-corrected chi connectivity index (χ2v) is 8.60. The Morgan fingerprint density at radius 2 is 1.79 bits per heavy atom. The fraction of sp³-hybridized carbons (Fsp3) is 0.182. The van der Waals surface area contributed by atoms with Crippen molar-refractivity contribution < 1.29 is 4.79 Å². The van der Waals surface area contributed by atoms with Crippen LogP contribution < -0.4 is 5.32 Å². The molecular formula is C22H21N5OS. The first-order valence-corrected chi connectivity index (χ1v) is 10.1. The van der Waals surface area contributed by atoms with Crippen LogP contribution in [0.2, 0.25) is 0 Å². The fourth-order valence-corrected chi connectivity index (χ4v) is 3.55. The summed E-state index contributed by atoms with van der Waals surface area (Å²) in [5.41, 5.74) is 2.78. The van der Waals surface area contributed by atoms with Crippen LogP contribution in [0.25, 0.3) is 16.3 Å². The van der Waals surface area contributed by atoms with Crippen LogP contribution in [0.4, 0.5) is 5.82 Å². The van der Waals surface area contributed by atoms with Gasteiger partial charge in [-0.15, -0.1) is 16.4 Å². The van der Waals surface area contributed by atoms with Crippen LogP contribution in [0.15, 0.2) is 66.2 Å². The van der Waals surface area contributed by atoms with Crippen molar-refractivity contribution in [3.63, 3.8) is 0 Å². The molecule has 0 fully saturated rings. The monoisotopic (exact) mass is 403 g/mol. The molecule has 0 saturated heterocycles. The van der Waals surface area contributed by atoms with E-state index in [9.17, 15) is 4.79 Å². The van der Waals surface area contributed by atoms with Gasteiger partial charge in [0.1, 0.15) is 5.69 Å². The summed E-state index contributed by atoms with van der Waals surface area (Å²) in [6.45, 7) is 6.21. The maximum absolute atomic E-state index is 13.0. The molecule has 4 aromatic rings. The Bertz CT molecular complexity index is 1110. The lowest BCUT2D eigenvalue weighted by Crippen LogP contribution is -2.17. The van der Waals surface area contributed by atoms with E-state index in [1.165, 1.54) is 0 Å². The molecule has 0 bridgehead atoms. The summed E-state index contributed by atoms with van der Waals surface area (Å²) >= 11 is 1.54. The zero-order valence-electron chi connectivity index (χ0n) is 16.5. The summed E-state index contributed by atoms with van der Waals surface area (Å²) in [4.78, 5) is 14.0. The lowest BCUT2D eigenvalue weighted by atomic mass is 9.92. The maximum atomic E-state index is 13.0. The van der Waals surface area contributed by atoms with E-state index in [1.807, 2.05) is 53.9 Å². The molecule has 7 heteroatoms. The van der Waals surface area contributed by atoms with E-state index >= 15 is 0 Å². The number of benzene rings is 1. The van der Waals surface area contributed by atoms with Crippen molar-refractivity contribution in [1.82, 2.24) is 20.0 Å². The molecule has 1 N–H and O–H groups in total. The van der Waals surface area contributed by atoms with Crippen molar-refractivity contribution in [2.75, 3.05) is 5.32 Å². The van der Waals surface area contributed by atoms with Gasteiger partial charge in [0.15, 0.2) is 5.82 Å². The SMILES string of the molecule is CC(C)(C)c1ccc(NC(=O)c2cn(-c3ccccc3)nc2-c2cccs2)nn1. The lowest BCUT2D eigenvalue weighted by Gasteiger charge is -2.16. The van der Waals surface area contributed by atoms with Crippen LogP contribution in [0.1, 0.15) is 36.8 Å². The third-order valence-corrected chi connectivity index (χ3v) is 5.29. The van der Waals surface area contributed by atoms with Gasteiger partial charge in [-0.3, -0.25) is 4.79 Å². The summed E-state index contributed by atoms with van der Waals surface area (Å²) in [6, 6.07) is 17.3. The Balaban J connectivity index is 1.66. The molecule has 0 radical (unpaired) electrons. The number of hydrogen-bond donors (Lipinski definition) is 1.